The molecule has 1 aliphatic carbocycles. The first-order valence-corrected chi connectivity index (χ1v) is 7.51. The molecule has 0 radical (unpaired) electrons. The summed E-state index contributed by atoms with van der Waals surface area (Å²) in [6, 6.07) is 7.17. The number of allylic oxidation sites excluding steroid dienone is 2. The lowest BCUT2D eigenvalue weighted by Crippen LogP contribution is -2.24. The first-order valence-electron chi connectivity index (χ1n) is 6.70. The van der Waals surface area contributed by atoms with Gasteiger partial charge >= 0.3 is 0 Å². The third-order valence-electron chi connectivity index (χ3n) is 3.46. The van der Waals surface area contributed by atoms with Crippen molar-refractivity contribution in [1.82, 2.24) is 4.98 Å². The molecule has 3 rings (SSSR count). The number of fused-ring (bicyclic) bond motifs is 1. The molecule has 0 bridgehead atoms. The standard InChI is InChI=1S/C16H14N2O3S/c1-8-12(18-10-4-6-11(21-3)7-5-10)15(20)16-13(14(8)19)17-9(2)22-16/h4-7,18H,1-3H3. The zero-order valence-corrected chi connectivity index (χ0v) is 13.2. The fourth-order valence-electron chi connectivity index (χ4n) is 2.28. The zero-order valence-electron chi connectivity index (χ0n) is 12.4. The number of nitrogens with zero attached hydrogens (tertiary/aromatic N) is 1. The molecule has 2 aromatic rings. The molecular weight excluding hydrogens is 300 g/mol. The van der Waals surface area contributed by atoms with Crippen LogP contribution in [-0.4, -0.2) is 23.7 Å². The summed E-state index contributed by atoms with van der Waals surface area (Å²) >= 11 is 1.25. The Morgan fingerprint density at radius 2 is 1.77 bits per heavy atom. The fourth-order valence-corrected chi connectivity index (χ4v) is 3.14. The van der Waals surface area contributed by atoms with Crippen molar-refractivity contribution in [3.63, 3.8) is 0 Å². The number of rotatable bonds is 3. The van der Waals surface area contributed by atoms with Gasteiger partial charge in [-0.3, -0.25) is 9.59 Å². The van der Waals surface area contributed by atoms with Gasteiger partial charge in [-0.05, 0) is 38.1 Å². The van der Waals surface area contributed by atoms with Crippen LogP contribution in [0.4, 0.5) is 5.69 Å². The number of methoxy groups -OCH3 is 1. The van der Waals surface area contributed by atoms with E-state index in [0.717, 1.165) is 11.4 Å². The maximum absolute atomic E-state index is 12.6. The molecule has 0 saturated carbocycles. The van der Waals surface area contributed by atoms with Crippen LogP contribution in [0.15, 0.2) is 35.5 Å². The Bertz CT molecular complexity index is 803. The van der Waals surface area contributed by atoms with Crippen molar-refractivity contribution in [3.8, 4) is 5.75 Å². The summed E-state index contributed by atoms with van der Waals surface area (Å²) in [4.78, 5) is 29.5. The fraction of sp³-hybridized carbons (Fsp3) is 0.188. The molecule has 0 fully saturated rings. The average molecular weight is 314 g/mol. The van der Waals surface area contributed by atoms with Gasteiger partial charge in [0.05, 0.1) is 17.8 Å². The Hall–Kier alpha value is -2.47. The van der Waals surface area contributed by atoms with E-state index in [9.17, 15) is 9.59 Å². The molecule has 1 N–H and O–H groups in total. The summed E-state index contributed by atoms with van der Waals surface area (Å²) < 4.78 is 5.10. The van der Waals surface area contributed by atoms with E-state index in [1.54, 1.807) is 45.2 Å². The number of ether oxygens (including phenoxy) is 1. The zero-order chi connectivity index (χ0) is 15.9. The number of nitrogens with one attached hydrogen (secondary N) is 1. The van der Waals surface area contributed by atoms with Crippen molar-refractivity contribution in [2.45, 2.75) is 13.8 Å². The largest absolute Gasteiger partial charge is 0.497 e. The second kappa shape index (κ2) is 5.38. The van der Waals surface area contributed by atoms with E-state index in [1.165, 1.54) is 11.3 Å². The topological polar surface area (TPSA) is 68.3 Å². The second-order valence-electron chi connectivity index (χ2n) is 4.92. The number of thiazole rings is 1. The number of benzene rings is 1. The van der Waals surface area contributed by atoms with Crippen molar-refractivity contribution < 1.29 is 14.3 Å². The number of Topliss-reactive ketones (excluding diaryl/α,β-unsaturated/α-hetero) is 2. The lowest BCUT2D eigenvalue weighted by Gasteiger charge is -2.17. The average Bonchev–Trinajstić information content (AvgIpc) is 2.92. The van der Waals surface area contributed by atoms with E-state index in [0.29, 0.717) is 21.2 Å². The Labute approximate surface area is 131 Å². The second-order valence-corrected chi connectivity index (χ2v) is 6.13. The van der Waals surface area contributed by atoms with E-state index in [1.807, 2.05) is 0 Å². The number of carbonyl (C=O) groups excluding carboxylic acids is 2. The van der Waals surface area contributed by atoms with Crippen LogP contribution in [0.5, 0.6) is 5.75 Å². The molecule has 0 saturated heterocycles. The molecule has 1 heterocycles. The minimum absolute atomic E-state index is 0.187. The lowest BCUT2D eigenvalue weighted by atomic mass is 9.97. The van der Waals surface area contributed by atoms with Gasteiger partial charge in [0.2, 0.25) is 11.6 Å². The van der Waals surface area contributed by atoms with Gasteiger partial charge in [0, 0.05) is 11.3 Å². The maximum atomic E-state index is 12.6. The lowest BCUT2D eigenvalue weighted by molar-refractivity contribution is 0.0976. The molecule has 1 aliphatic rings. The van der Waals surface area contributed by atoms with Crippen LogP contribution in [0.3, 0.4) is 0 Å². The molecule has 1 aromatic heterocycles. The minimum atomic E-state index is -0.199. The summed E-state index contributed by atoms with van der Waals surface area (Å²) in [7, 11) is 1.59. The highest BCUT2D eigenvalue weighted by molar-refractivity contribution is 7.14. The molecule has 0 aliphatic heterocycles. The summed E-state index contributed by atoms with van der Waals surface area (Å²) in [6.07, 6.45) is 0. The smallest absolute Gasteiger partial charge is 0.221 e. The Balaban J connectivity index is 1.97. The highest BCUT2D eigenvalue weighted by Gasteiger charge is 2.33. The predicted molar refractivity (Wildman–Crippen MR) is 84.8 cm³/mol. The summed E-state index contributed by atoms with van der Waals surface area (Å²) in [5.41, 5.74) is 1.69. The van der Waals surface area contributed by atoms with Gasteiger partial charge in [-0.2, -0.15) is 0 Å². The molecule has 0 unspecified atom stereocenters. The maximum Gasteiger partial charge on any atom is 0.221 e. The summed E-state index contributed by atoms with van der Waals surface area (Å²) in [5.74, 6) is 0.339. The van der Waals surface area contributed by atoms with Crippen molar-refractivity contribution in [3.05, 3.63) is 51.1 Å². The molecule has 6 heteroatoms. The van der Waals surface area contributed by atoms with Crippen LogP contribution in [-0.2, 0) is 0 Å². The van der Waals surface area contributed by atoms with E-state index in [4.69, 9.17) is 4.74 Å². The Kier molecular flexibility index (Phi) is 3.54. The van der Waals surface area contributed by atoms with Crippen LogP contribution in [0.1, 0.15) is 32.1 Å². The van der Waals surface area contributed by atoms with Crippen LogP contribution < -0.4 is 10.1 Å². The van der Waals surface area contributed by atoms with E-state index < -0.39 is 0 Å². The van der Waals surface area contributed by atoms with Gasteiger partial charge in [0.1, 0.15) is 16.3 Å². The SMILES string of the molecule is COc1ccc(NC2=C(C)C(=O)c3nc(C)sc3C2=O)cc1. The number of hydrogen-bond acceptors (Lipinski definition) is 6. The van der Waals surface area contributed by atoms with Gasteiger partial charge in [-0.25, -0.2) is 4.98 Å². The molecule has 0 spiro atoms. The van der Waals surface area contributed by atoms with Gasteiger partial charge in [0.15, 0.2) is 0 Å². The molecule has 0 atom stereocenters. The molecule has 5 nitrogen and oxygen atoms in total. The van der Waals surface area contributed by atoms with E-state index >= 15 is 0 Å². The number of carbonyl (C=O) groups is 2. The summed E-state index contributed by atoms with van der Waals surface area (Å²) in [5, 5.41) is 3.76. The van der Waals surface area contributed by atoms with Crippen LogP contribution in [0, 0.1) is 6.92 Å². The minimum Gasteiger partial charge on any atom is -0.497 e. The monoisotopic (exact) mass is 314 g/mol. The molecule has 1 aromatic carbocycles. The third-order valence-corrected chi connectivity index (χ3v) is 4.43. The first kappa shape index (κ1) is 14.5. The normalized spacial score (nSPS) is 14.1. The molecular formula is C16H14N2O3S. The first-order chi connectivity index (χ1) is 10.5. The van der Waals surface area contributed by atoms with Crippen molar-refractivity contribution in [1.29, 1.82) is 0 Å². The van der Waals surface area contributed by atoms with Crippen LogP contribution >= 0.6 is 11.3 Å². The van der Waals surface area contributed by atoms with Crippen molar-refractivity contribution in [2.24, 2.45) is 0 Å². The number of anilines is 1. The molecule has 112 valence electrons. The van der Waals surface area contributed by atoms with Gasteiger partial charge < -0.3 is 10.1 Å². The highest BCUT2D eigenvalue weighted by Crippen LogP contribution is 2.31. The van der Waals surface area contributed by atoms with Crippen molar-refractivity contribution in [2.75, 3.05) is 12.4 Å². The number of hydrogen-bond donors (Lipinski definition) is 1. The molecule has 22 heavy (non-hydrogen) atoms. The quantitative estimate of drug-likeness (QED) is 0.942. The summed E-state index contributed by atoms with van der Waals surface area (Å²) in [6.45, 7) is 3.43. The van der Waals surface area contributed by atoms with Crippen molar-refractivity contribution >= 4 is 28.6 Å². The molecule has 0 amide bonds. The van der Waals surface area contributed by atoms with Gasteiger partial charge in [-0.1, -0.05) is 0 Å². The Morgan fingerprint density at radius 1 is 1.09 bits per heavy atom. The van der Waals surface area contributed by atoms with Crippen LogP contribution in [0.2, 0.25) is 0 Å². The van der Waals surface area contributed by atoms with Crippen LogP contribution in [0.25, 0.3) is 0 Å². The number of aromatic nitrogens is 1. The highest BCUT2D eigenvalue weighted by atomic mass is 32.1. The predicted octanol–water partition coefficient (Wildman–Crippen LogP) is 3.23. The number of ketones is 2. The number of aryl methyl sites for hydroxylation is 1. The Morgan fingerprint density at radius 3 is 2.41 bits per heavy atom. The van der Waals surface area contributed by atoms with E-state index in [-0.39, 0.29) is 17.3 Å². The third kappa shape index (κ3) is 2.31. The van der Waals surface area contributed by atoms with Gasteiger partial charge in [-0.15, -0.1) is 11.3 Å². The van der Waals surface area contributed by atoms with E-state index in [2.05, 4.69) is 10.3 Å². The van der Waals surface area contributed by atoms with Gasteiger partial charge in [0.25, 0.3) is 0 Å².